The van der Waals surface area contributed by atoms with E-state index in [1.165, 1.54) is 4.90 Å². The van der Waals surface area contributed by atoms with E-state index in [0.717, 1.165) is 0 Å². The van der Waals surface area contributed by atoms with Crippen molar-refractivity contribution in [3.8, 4) is 0 Å². The Hall–Kier alpha value is -1.22. The fourth-order valence-electron chi connectivity index (χ4n) is 2.56. The van der Waals surface area contributed by atoms with Crippen LogP contribution >= 0.6 is 0 Å². The average Bonchev–Trinajstić information content (AvgIpc) is 2.34. The van der Waals surface area contributed by atoms with Crippen LogP contribution in [0.1, 0.15) is 6.92 Å². The van der Waals surface area contributed by atoms with Crippen LogP contribution in [-0.2, 0) is 29.6 Å². The Labute approximate surface area is 127 Å². The molecule has 2 aliphatic rings. The lowest BCUT2D eigenvalue weighted by molar-refractivity contribution is -0.156. The van der Waals surface area contributed by atoms with E-state index in [0.29, 0.717) is 6.41 Å². The summed E-state index contributed by atoms with van der Waals surface area (Å²) in [5.41, 5.74) is -0.955. The van der Waals surface area contributed by atoms with Crippen LogP contribution in [-0.4, -0.2) is 59.4 Å². The van der Waals surface area contributed by atoms with Gasteiger partial charge in [0.25, 0.3) is 0 Å². The molecule has 9 heteroatoms. The van der Waals surface area contributed by atoms with Crippen molar-refractivity contribution in [3.05, 3.63) is 0 Å². The Bertz CT molecular complexity index is 520. The van der Waals surface area contributed by atoms with Gasteiger partial charge >= 0.3 is 5.97 Å². The van der Waals surface area contributed by atoms with Crippen molar-refractivity contribution < 1.29 is 23.0 Å². The number of carbonyl (C=O) groups is 3. The van der Waals surface area contributed by atoms with Gasteiger partial charge in [0.05, 0.1) is 5.41 Å². The molecule has 2 aliphatic heterocycles. The van der Waals surface area contributed by atoms with E-state index in [1.807, 2.05) is 19.6 Å². The van der Waals surface area contributed by atoms with Gasteiger partial charge in [-0.1, -0.05) is 0 Å². The summed E-state index contributed by atoms with van der Waals surface area (Å²) in [6.07, 6.45) is 0.435. The van der Waals surface area contributed by atoms with Gasteiger partial charge in [-0.3, -0.25) is 18.6 Å². The number of amides is 2. The molecule has 4 atom stereocenters. The normalized spacial score (nSPS) is 35.5. The van der Waals surface area contributed by atoms with Crippen LogP contribution in [0.3, 0.4) is 0 Å². The minimum atomic E-state index is -2.05. The highest BCUT2D eigenvalue weighted by atomic mass is 32.2. The summed E-state index contributed by atoms with van der Waals surface area (Å²) in [5, 5.41) is 1.85. The molecule has 2 fully saturated rings. The van der Waals surface area contributed by atoms with Gasteiger partial charge in [-0.25, -0.2) is 0 Å². The van der Waals surface area contributed by atoms with Gasteiger partial charge in [-0.15, -0.1) is 0 Å². The van der Waals surface area contributed by atoms with Crippen LogP contribution < -0.4 is 5.32 Å². The first kappa shape index (κ1) is 16.2. The maximum atomic E-state index is 12.3. The SMILES string of the molecule is CC1(C(=O)O[Si](C)(C)C)CN2C(=O)C(NC=O)[C@H]2S(=O)C1. The van der Waals surface area contributed by atoms with Crippen LogP contribution in [0.15, 0.2) is 0 Å². The Kier molecular flexibility index (Phi) is 4.00. The summed E-state index contributed by atoms with van der Waals surface area (Å²) in [5.74, 6) is -0.554. The third kappa shape index (κ3) is 2.89. The van der Waals surface area contributed by atoms with Gasteiger partial charge in [0.2, 0.25) is 20.6 Å². The fraction of sp³-hybridized carbons (Fsp3) is 0.750. The molecule has 0 aromatic carbocycles. The van der Waals surface area contributed by atoms with Gasteiger partial charge in [0.15, 0.2) is 0 Å². The Balaban J connectivity index is 2.14. The summed E-state index contributed by atoms with van der Waals surface area (Å²) in [6.45, 7) is 7.56. The highest BCUT2D eigenvalue weighted by molar-refractivity contribution is 7.86. The zero-order valence-corrected chi connectivity index (χ0v) is 14.4. The summed E-state index contributed by atoms with van der Waals surface area (Å²) in [7, 11) is -3.45. The molecule has 1 N–H and O–H groups in total. The molecule has 2 saturated heterocycles. The fourth-order valence-corrected chi connectivity index (χ4v) is 5.33. The van der Waals surface area contributed by atoms with Crippen molar-refractivity contribution in [1.29, 1.82) is 0 Å². The molecular formula is C12H20N2O5SSi. The zero-order valence-electron chi connectivity index (χ0n) is 12.5. The molecule has 2 rings (SSSR count). The predicted octanol–water partition coefficient (Wildman–Crippen LogP) is -0.584. The largest absolute Gasteiger partial charge is 0.519 e. The third-order valence-electron chi connectivity index (χ3n) is 3.53. The quantitative estimate of drug-likeness (QED) is 0.422. The second-order valence-electron chi connectivity index (χ2n) is 6.71. The van der Waals surface area contributed by atoms with Gasteiger partial charge in [-0.2, -0.15) is 0 Å². The van der Waals surface area contributed by atoms with Gasteiger partial charge < -0.3 is 14.6 Å². The van der Waals surface area contributed by atoms with E-state index in [9.17, 15) is 18.6 Å². The molecule has 0 aromatic heterocycles. The molecule has 0 aromatic rings. The first-order valence-electron chi connectivity index (χ1n) is 6.70. The van der Waals surface area contributed by atoms with E-state index in [-0.39, 0.29) is 18.2 Å². The molecule has 0 spiro atoms. The summed E-state index contributed by atoms with van der Waals surface area (Å²) < 4.78 is 17.8. The molecular weight excluding hydrogens is 312 g/mol. The van der Waals surface area contributed by atoms with Crippen molar-refractivity contribution in [2.24, 2.45) is 5.41 Å². The Morgan fingerprint density at radius 1 is 1.52 bits per heavy atom. The minimum Gasteiger partial charge on any atom is -0.519 e. The van der Waals surface area contributed by atoms with Crippen LogP contribution in [0.4, 0.5) is 0 Å². The van der Waals surface area contributed by atoms with Crippen LogP contribution in [0.25, 0.3) is 0 Å². The summed E-state index contributed by atoms with van der Waals surface area (Å²) in [4.78, 5) is 36.2. The highest BCUT2D eigenvalue weighted by Gasteiger charge is 2.59. The lowest BCUT2D eigenvalue weighted by atomic mass is 9.90. The predicted molar refractivity (Wildman–Crippen MR) is 79.0 cm³/mol. The number of nitrogens with one attached hydrogen (secondary N) is 1. The van der Waals surface area contributed by atoms with Crippen molar-refractivity contribution in [2.45, 2.75) is 38.0 Å². The van der Waals surface area contributed by atoms with E-state index in [4.69, 9.17) is 4.43 Å². The first-order valence-corrected chi connectivity index (χ1v) is 11.5. The number of hydrogen-bond donors (Lipinski definition) is 1. The highest BCUT2D eigenvalue weighted by Crippen LogP contribution is 2.37. The number of fused-ring (bicyclic) bond motifs is 1. The number of hydrogen-bond acceptors (Lipinski definition) is 5. The molecule has 0 saturated carbocycles. The number of nitrogens with zero attached hydrogens (tertiary/aromatic N) is 1. The maximum Gasteiger partial charge on any atom is 0.301 e. The Morgan fingerprint density at radius 3 is 2.67 bits per heavy atom. The van der Waals surface area contributed by atoms with E-state index >= 15 is 0 Å². The van der Waals surface area contributed by atoms with Gasteiger partial charge in [0.1, 0.15) is 11.4 Å². The molecule has 0 radical (unpaired) electrons. The van der Waals surface area contributed by atoms with Crippen molar-refractivity contribution >= 4 is 37.4 Å². The molecule has 21 heavy (non-hydrogen) atoms. The molecule has 7 nitrogen and oxygen atoms in total. The van der Waals surface area contributed by atoms with Crippen LogP contribution in [0.2, 0.25) is 19.6 Å². The lowest BCUT2D eigenvalue weighted by Crippen LogP contribution is -2.76. The molecule has 3 unspecified atom stereocenters. The number of rotatable bonds is 4. The minimum absolute atomic E-state index is 0.141. The number of β-lactam (4-membered cyclic amide) rings is 1. The smallest absolute Gasteiger partial charge is 0.301 e. The molecule has 0 bridgehead atoms. The molecule has 2 heterocycles. The van der Waals surface area contributed by atoms with E-state index in [1.54, 1.807) is 6.92 Å². The lowest BCUT2D eigenvalue weighted by Gasteiger charge is -2.52. The monoisotopic (exact) mass is 332 g/mol. The maximum absolute atomic E-state index is 12.3. The summed E-state index contributed by atoms with van der Waals surface area (Å²) >= 11 is 0. The van der Waals surface area contributed by atoms with Crippen molar-refractivity contribution in [3.63, 3.8) is 0 Å². The summed E-state index contributed by atoms with van der Waals surface area (Å²) in [6, 6.07) is -0.735. The second-order valence-corrected chi connectivity index (χ2v) is 12.7. The molecule has 0 aliphatic carbocycles. The Morgan fingerprint density at radius 2 is 2.14 bits per heavy atom. The van der Waals surface area contributed by atoms with Crippen molar-refractivity contribution in [1.82, 2.24) is 10.2 Å². The van der Waals surface area contributed by atoms with E-state index in [2.05, 4.69) is 5.32 Å². The zero-order chi connectivity index (χ0) is 16.0. The number of carbonyl (C=O) groups excluding carboxylic acids is 3. The van der Waals surface area contributed by atoms with Crippen LogP contribution in [0.5, 0.6) is 0 Å². The van der Waals surface area contributed by atoms with Crippen molar-refractivity contribution in [2.75, 3.05) is 12.3 Å². The third-order valence-corrected chi connectivity index (χ3v) is 6.32. The molecule has 118 valence electrons. The second kappa shape index (κ2) is 5.20. The van der Waals surface area contributed by atoms with E-state index < -0.39 is 41.9 Å². The van der Waals surface area contributed by atoms with Gasteiger partial charge in [0, 0.05) is 23.1 Å². The van der Waals surface area contributed by atoms with Crippen LogP contribution in [0, 0.1) is 5.41 Å². The molecule has 2 amide bonds. The van der Waals surface area contributed by atoms with Gasteiger partial charge in [-0.05, 0) is 26.6 Å². The standard InChI is InChI=1S/C12H20N2O5SSi/c1-12(11(17)19-21(2,3)4)5-14-9(16)8(13-7-15)10(14)20(18)6-12/h7-8,10H,5-6H2,1-4H3,(H,13,15)/t8?,10-,12?,20?/m1/s1. The first-order chi connectivity index (χ1) is 9.59. The average molecular weight is 332 g/mol. The topological polar surface area (TPSA) is 92.8 Å².